The first-order chi connectivity index (χ1) is 28.5. The Morgan fingerprint density at radius 3 is 2.08 bits per heavy atom. The van der Waals surface area contributed by atoms with Crippen LogP contribution in [0.3, 0.4) is 0 Å². The highest BCUT2D eigenvalue weighted by molar-refractivity contribution is 6.11. The van der Waals surface area contributed by atoms with Crippen molar-refractivity contribution >= 4 is 27.8 Å². The highest BCUT2D eigenvalue weighted by Crippen LogP contribution is 2.52. The van der Waals surface area contributed by atoms with Crippen LogP contribution in [0.15, 0.2) is 65.8 Å². The average Bonchev–Trinajstić information content (AvgIpc) is 3.62. The Bertz CT molecular complexity index is 2960. The zero-order chi connectivity index (χ0) is 45.2. The van der Waals surface area contributed by atoms with Gasteiger partial charge < -0.3 is 9.47 Å². The molecule has 0 spiro atoms. The molecule has 0 fully saturated rings. The molecule has 0 radical (unpaired) electrons. The summed E-state index contributed by atoms with van der Waals surface area (Å²) in [6, 6.07) is 20.0. The molecule has 4 heterocycles. The van der Waals surface area contributed by atoms with E-state index in [0.717, 1.165) is 67.0 Å². The Labute approximate surface area is 361 Å². The molecule has 0 unspecified atom stereocenters. The van der Waals surface area contributed by atoms with E-state index in [1.54, 1.807) is 0 Å². The molecule has 0 amide bonds. The van der Waals surface area contributed by atoms with Crippen LogP contribution in [0.2, 0.25) is 0 Å². The van der Waals surface area contributed by atoms with E-state index < -0.39 is 17.5 Å². The van der Waals surface area contributed by atoms with Crippen LogP contribution in [0.5, 0.6) is 11.5 Å². The number of hydrogen-bond donors (Lipinski definition) is 0. The Morgan fingerprint density at radius 1 is 0.733 bits per heavy atom. The normalized spacial score (nSPS) is 22.1. The average molecular weight is 802 g/mol. The van der Waals surface area contributed by atoms with Gasteiger partial charge in [-0.2, -0.15) is 0 Å². The first-order valence-corrected chi connectivity index (χ1v) is 21.9. The molecule has 4 aromatic carbocycles. The van der Waals surface area contributed by atoms with E-state index in [1.807, 2.05) is 26.1 Å². The standard InChI is InChI=1S/C55H65N3O2/c1-30-18-40-39-24-37(51(8,9)10)25-43-47(39)58(48(40)56-29-30)44-26-45(31(2)20-42(44)53(43,14)15)59-38-22-34(21-36(23-38)50(5,6)7)49-57-54(16)27-35-19-32(3)46(52(11,12)13)33(4)41(35)28-55(54,17)60-49/h18-26,29H,27-28H2,1-17H3/t54-,55-/m0/s1/i27D2. The van der Waals surface area contributed by atoms with Gasteiger partial charge in [-0.3, -0.25) is 4.57 Å². The summed E-state index contributed by atoms with van der Waals surface area (Å²) in [4.78, 5) is 10.4. The minimum absolute atomic E-state index is 0.0197. The quantitative estimate of drug-likeness (QED) is 0.179. The maximum atomic E-state index is 9.81. The fraction of sp³-hybridized carbons (Fsp3) is 0.455. The predicted molar refractivity (Wildman–Crippen MR) is 251 cm³/mol. The Kier molecular flexibility index (Phi) is 7.98. The van der Waals surface area contributed by atoms with Crippen LogP contribution < -0.4 is 4.74 Å². The van der Waals surface area contributed by atoms with Crippen molar-refractivity contribution in [1.29, 1.82) is 0 Å². The van der Waals surface area contributed by atoms with E-state index >= 15 is 0 Å². The van der Waals surface area contributed by atoms with Gasteiger partial charge in [0.05, 0.1) is 11.2 Å². The maximum absolute atomic E-state index is 9.81. The zero-order valence-corrected chi connectivity index (χ0v) is 39.1. The van der Waals surface area contributed by atoms with Gasteiger partial charge in [0.2, 0.25) is 5.90 Å². The second-order valence-corrected chi connectivity index (χ2v) is 22.3. The third-order valence-corrected chi connectivity index (χ3v) is 14.1. The van der Waals surface area contributed by atoms with E-state index in [4.69, 9.17) is 19.5 Å². The molecule has 0 N–H and O–H groups in total. The number of benzene rings is 4. The summed E-state index contributed by atoms with van der Waals surface area (Å²) >= 11 is 0. The molecule has 5 nitrogen and oxygen atoms in total. The fourth-order valence-electron chi connectivity index (χ4n) is 10.5. The number of aliphatic imine (C=N–C) groups is 1. The van der Waals surface area contributed by atoms with Gasteiger partial charge in [0.1, 0.15) is 28.3 Å². The monoisotopic (exact) mass is 802 g/mol. The second-order valence-electron chi connectivity index (χ2n) is 22.3. The molecular weight excluding hydrogens is 735 g/mol. The number of rotatable bonds is 3. The zero-order valence-electron chi connectivity index (χ0n) is 41.1. The molecule has 2 aliphatic heterocycles. The van der Waals surface area contributed by atoms with Crippen molar-refractivity contribution in [2.45, 2.75) is 163 Å². The maximum Gasteiger partial charge on any atom is 0.217 e. The molecule has 312 valence electrons. The van der Waals surface area contributed by atoms with E-state index in [2.05, 4.69) is 157 Å². The van der Waals surface area contributed by atoms with Gasteiger partial charge in [-0.15, -0.1) is 0 Å². The number of hydrogen-bond acceptors (Lipinski definition) is 4. The van der Waals surface area contributed by atoms with Crippen molar-refractivity contribution in [2.75, 3.05) is 0 Å². The highest BCUT2D eigenvalue weighted by Gasteiger charge is 2.56. The predicted octanol–water partition coefficient (Wildman–Crippen LogP) is 13.8. The first kappa shape index (κ1) is 38.1. The summed E-state index contributed by atoms with van der Waals surface area (Å²) < 4.78 is 36.1. The van der Waals surface area contributed by atoms with E-state index in [9.17, 15) is 2.74 Å². The number of aryl methyl sites for hydroxylation is 3. The molecular formula is C55H65N3O2. The molecule has 0 bridgehead atoms. The molecule has 6 aromatic rings. The minimum atomic E-state index is -1.79. The van der Waals surface area contributed by atoms with Crippen LogP contribution in [-0.2, 0) is 39.2 Å². The molecule has 1 aliphatic carbocycles. The van der Waals surface area contributed by atoms with Crippen LogP contribution in [0, 0.1) is 27.7 Å². The largest absolute Gasteiger partial charge is 0.468 e. The van der Waals surface area contributed by atoms with Gasteiger partial charge >= 0.3 is 0 Å². The van der Waals surface area contributed by atoms with Gasteiger partial charge in [-0.1, -0.05) is 88.3 Å². The third-order valence-electron chi connectivity index (χ3n) is 14.1. The molecule has 2 aromatic heterocycles. The molecule has 3 aliphatic rings. The van der Waals surface area contributed by atoms with E-state index in [-0.39, 0.29) is 21.7 Å². The summed E-state index contributed by atoms with van der Waals surface area (Å²) in [5, 5.41) is 2.39. The molecule has 5 heteroatoms. The van der Waals surface area contributed by atoms with E-state index in [0.29, 0.717) is 18.1 Å². The second kappa shape index (κ2) is 12.6. The lowest BCUT2D eigenvalue weighted by Crippen LogP contribution is -2.53. The number of nitrogens with zero attached hydrogens (tertiary/aromatic N) is 3. The van der Waals surface area contributed by atoms with Crippen LogP contribution >= 0.6 is 0 Å². The molecule has 60 heavy (non-hydrogen) atoms. The summed E-state index contributed by atoms with van der Waals surface area (Å²) in [5.41, 5.74) is 13.7. The van der Waals surface area contributed by atoms with Crippen LogP contribution in [0.1, 0.15) is 160 Å². The summed E-state index contributed by atoms with van der Waals surface area (Å²) in [6.07, 6.45) is 0.746. The number of aromatic nitrogens is 2. The molecule has 0 saturated heterocycles. The number of fused-ring (bicyclic) bond motifs is 7. The summed E-state index contributed by atoms with van der Waals surface area (Å²) in [6.45, 7) is 37.4. The van der Waals surface area contributed by atoms with Crippen molar-refractivity contribution in [1.82, 2.24) is 9.55 Å². The first-order valence-electron chi connectivity index (χ1n) is 22.9. The van der Waals surface area contributed by atoms with Gasteiger partial charge in [-0.05, 0) is 155 Å². The van der Waals surface area contributed by atoms with E-state index in [1.165, 1.54) is 33.2 Å². The lowest BCUT2D eigenvalue weighted by molar-refractivity contribution is 0.0270. The molecule has 9 rings (SSSR count). The molecule has 0 saturated carbocycles. The van der Waals surface area contributed by atoms with Crippen molar-refractivity contribution in [3.63, 3.8) is 0 Å². The van der Waals surface area contributed by atoms with Gasteiger partial charge in [-0.25, -0.2) is 9.98 Å². The van der Waals surface area contributed by atoms with Gasteiger partial charge in [0, 0.05) is 49.5 Å². The fourth-order valence-corrected chi connectivity index (χ4v) is 10.5. The lowest BCUT2D eigenvalue weighted by Gasteiger charge is -2.44. The number of ether oxygens (including phenoxy) is 2. The summed E-state index contributed by atoms with van der Waals surface area (Å²) in [7, 11) is 0. The molecule has 2 atom stereocenters. The summed E-state index contributed by atoms with van der Waals surface area (Å²) in [5.74, 6) is 1.90. The van der Waals surface area contributed by atoms with Crippen LogP contribution in [-0.4, -0.2) is 26.6 Å². The SMILES string of the molecule is [2H]C1([2H])c2cc(C)c(C(C)(C)C)c(C)c2C[C@]2(C)OC(c3cc(Oc4cc5c(cc4C)C(C)(C)c4cc(C(C)(C)C)cc6c7cc(C)cnc7n-5c46)cc(C(C)(C)C)c3)=N[C@@]12C. The highest BCUT2D eigenvalue weighted by atomic mass is 16.5. The van der Waals surface area contributed by atoms with Crippen molar-refractivity contribution in [2.24, 2.45) is 4.99 Å². The van der Waals surface area contributed by atoms with Crippen molar-refractivity contribution in [3.05, 3.63) is 128 Å². The van der Waals surface area contributed by atoms with Crippen LogP contribution in [0.4, 0.5) is 0 Å². The lowest BCUT2D eigenvalue weighted by atomic mass is 9.66. The Balaban J connectivity index is 1.17. The Morgan fingerprint density at radius 2 is 1.42 bits per heavy atom. The smallest absolute Gasteiger partial charge is 0.217 e. The van der Waals surface area contributed by atoms with Crippen molar-refractivity contribution in [3.8, 4) is 17.2 Å². The van der Waals surface area contributed by atoms with Crippen molar-refractivity contribution < 1.29 is 12.2 Å². The van der Waals surface area contributed by atoms with Gasteiger partial charge in [0.25, 0.3) is 0 Å². The Hall–Kier alpha value is -4.90. The third kappa shape index (κ3) is 5.99. The minimum Gasteiger partial charge on any atom is -0.468 e. The topological polar surface area (TPSA) is 48.6 Å². The van der Waals surface area contributed by atoms with Gasteiger partial charge in [0.15, 0.2) is 0 Å². The number of pyridine rings is 1. The van der Waals surface area contributed by atoms with Crippen LogP contribution in [0.25, 0.3) is 27.6 Å².